The van der Waals surface area contributed by atoms with Gasteiger partial charge in [-0.3, -0.25) is 4.68 Å². The number of hydrogen-bond donors (Lipinski definition) is 1. The molecule has 1 aliphatic rings. The maximum absolute atomic E-state index is 6.21. The maximum atomic E-state index is 6.21. The highest BCUT2D eigenvalue weighted by Crippen LogP contribution is 2.24. The van der Waals surface area contributed by atoms with Crippen LogP contribution in [-0.4, -0.2) is 22.9 Å². The summed E-state index contributed by atoms with van der Waals surface area (Å²) in [4.78, 5) is 0. The first-order valence-corrected chi connectivity index (χ1v) is 5.95. The van der Waals surface area contributed by atoms with Crippen LogP contribution < -0.4 is 5.32 Å². The Hall–Kier alpha value is -0.540. The van der Waals surface area contributed by atoms with Crippen molar-refractivity contribution >= 4 is 11.6 Å². The van der Waals surface area contributed by atoms with Crippen molar-refractivity contribution in [3.05, 3.63) is 16.4 Å². The minimum Gasteiger partial charge on any atom is -0.316 e. The van der Waals surface area contributed by atoms with Crippen LogP contribution in [0.1, 0.15) is 24.1 Å². The molecule has 2 heterocycles. The minimum atomic E-state index is 0.721. The summed E-state index contributed by atoms with van der Waals surface area (Å²) in [7, 11) is 1.90. The Bertz CT molecular complexity index is 340. The van der Waals surface area contributed by atoms with Gasteiger partial charge in [-0.1, -0.05) is 11.6 Å². The average Bonchev–Trinajstić information content (AvgIpc) is 2.47. The monoisotopic (exact) mass is 227 g/mol. The van der Waals surface area contributed by atoms with Crippen molar-refractivity contribution in [2.24, 2.45) is 13.0 Å². The molecule has 1 unspecified atom stereocenters. The van der Waals surface area contributed by atoms with E-state index in [0.717, 1.165) is 36.3 Å². The lowest BCUT2D eigenvalue weighted by molar-refractivity contribution is 0.375. The third kappa shape index (κ3) is 2.34. The van der Waals surface area contributed by atoms with Gasteiger partial charge < -0.3 is 5.32 Å². The average molecular weight is 228 g/mol. The highest BCUT2D eigenvalue weighted by atomic mass is 35.5. The van der Waals surface area contributed by atoms with Crippen molar-refractivity contribution in [3.8, 4) is 0 Å². The lowest BCUT2D eigenvalue weighted by Crippen LogP contribution is -2.30. The van der Waals surface area contributed by atoms with Gasteiger partial charge in [0.1, 0.15) is 5.15 Å². The molecule has 4 heteroatoms. The molecule has 0 spiro atoms. The summed E-state index contributed by atoms with van der Waals surface area (Å²) in [6.07, 6.45) is 3.64. The molecule has 0 amide bonds. The predicted octanol–water partition coefficient (Wildman–Crippen LogP) is 1.92. The molecule has 1 aromatic rings. The van der Waals surface area contributed by atoms with Crippen LogP contribution in [0, 0.1) is 12.8 Å². The number of piperidine rings is 1. The quantitative estimate of drug-likeness (QED) is 0.837. The molecule has 0 aromatic carbocycles. The Balaban J connectivity index is 2.09. The highest BCUT2D eigenvalue weighted by Gasteiger charge is 2.18. The number of rotatable bonds is 2. The molecule has 15 heavy (non-hydrogen) atoms. The Kier molecular flexibility index (Phi) is 3.32. The molecule has 1 saturated heterocycles. The lowest BCUT2D eigenvalue weighted by atomic mass is 9.93. The molecule has 1 aliphatic heterocycles. The van der Waals surface area contributed by atoms with Crippen LogP contribution in [0.15, 0.2) is 0 Å². The van der Waals surface area contributed by atoms with Gasteiger partial charge in [0.15, 0.2) is 0 Å². The van der Waals surface area contributed by atoms with Gasteiger partial charge in [0.2, 0.25) is 0 Å². The standard InChI is InChI=1S/C11H18ClN3/c1-8-10(11(12)15(2)14-8)6-9-4-3-5-13-7-9/h9,13H,3-7H2,1-2H3. The van der Waals surface area contributed by atoms with E-state index < -0.39 is 0 Å². The normalized spacial score (nSPS) is 21.9. The SMILES string of the molecule is Cc1nn(C)c(Cl)c1CC1CCCNC1. The topological polar surface area (TPSA) is 29.9 Å². The van der Waals surface area contributed by atoms with E-state index in [4.69, 9.17) is 11.6 Å². The molecule has 2 rings (SSSR count). The van der Waals surface area contributed by atoms with E-state index in [1.807, 2.05) is 14.0 Å². The van der Waals surface area contributed by atoms with Gasteiger partial charge in [-0.25, -0.2) is 0 Å². The Labute approximate surface area is 95.8 Å². The zero-order chi connectivity index (χ0) is 10.8. The van der Waals surface area contributed by atoms with E-state index in [1.54, 1.807) is 4.68 Å². The summed E-state index contributed by atoms with van der Waals surface area (Å²) in [5, 5.41) is 8.57. The van der Waals surface area contributed by atoms with Gasteiger partial charge in [-0.2, -0.15) is 5.10 Å². The number of nitrogens with zero attached hydrogens (tertiary/aromatic N) is 2. The summed E-state index contributed by atoms with van der Waals surface area (Å²) in [6, 6.07) is 0. The number of aromatic nitrogens is 2. The van der Waals surface area contributed by atoms with E-state index in [2.05, 4.69) is 10.4 Å². The molecule has 0 aliphatic carbocycles. The molecule has 0 radical (unpaired) electrons. The van der Waals surface area contributed by atoms with E-state index >= 15 is 0 Å². The first-order valence-electron chi connectivity index (χ1n) is 5.57. The Morgan fingerprint density at radius 3 is 2.93 bits per heavy atom. The summed E-state index contributed by atoms with van der Waals surface area (Å²) >= 11 is 6.21. The van der Waals surface area contributed by atoms with E-state index in [-0.39, 0.29) is 0 Å². The largest absolute Gasteiger partial charge is 0.316 e. The third-order valence-electron chi connectivity index (χ3n) is 3.16. The molecule has 1 atom stereocenters. The molecule has 1 fully saturated rings. The third-order valence-corrected chi connectivity index (χ3v) is 3.63. The second-order valence-corrected chi connectivity index (χ2v) is 4.75. The van der Waals surface area contributed by atoms with Crippen LogP contribution in [0.2, 0.25) is 5.15 Å². The summed E-state index contributed by atoms with van der Waals surface area (Å²) in [6.45, 7) is 4.32. The number of aryl methyl sites for hydroxylation is 2. The van der Waals surface area contributed by atoms with Gasteiger partial charge in [-0.05, 0) is 45.2 Å². The van der Waals surface area contributed by atoms with Gasteiger partial charge in [0.25, 0.3) is 0 Å². The summed E-state index contributed by atoms with van der Waals surface area (Å²) in [5.74, 6) is 0.721. The van der Waals surface area contributed by atoms with Gasteiger partial charge in [-0.15, -0.1) is 0 Å². The van der Waals surface area contributed by atoms with Crippen LogP contribution in [-0.2, 0) is 13.5 Å². The summed E-state index contributed by atoms with van der Waals surface area (Å²) in [5.41, 5.74) is 2.31. The van der Waals surface area contributed by atoms with Gasteiger partial charge in [0, 0.05) is 12.6 Å². The maximum Gasteiger partial charge on any atom is 0.130 e. The van der Waals surface area contributed by atoms with E-state index in [9.17, 15) is 0 Å². The van der Waals surface area contributed by atoms with Crippen molar-refractivity contribution in [2.45, 2.75) is 26.2 Å². The van der Waals surface area contributed by atoms with Crippen LogP contribution >= 0.6 is 11.6 Å². The van der Waals surface area contributed by atoms with Crippen LogP contribution in [0.3, 0.4) is 0 Å². The van der Waals surface area contributed by atoms with Crippen molar-refractivity contribution in [1.82, 2.24) is 15.1 Å². The molecule has 0 saturated carbocycles. The molecule has 1 N–H and O–H groups in total. The number of halogens is 1. The Morgan fingerprint density at radius 1 is 1.60 bits per heavy atom. The van der Waals surface area contributed by atoms with Gasteiger partial charge >= 0.3 is 0 Å². The van der Waals surface area contributed by atoms with Crippen molar-refractivity contribution in [3.63, 3.8) is 0 Å². The zero-order valence-corrected chi connectivity index (χ0v) is 10.1. The Morgan fingerprint density at radius 2 is 2.40 bits per heavy atom. The molecule has 0 bridgehead atoms. The minimum absolute atomic E-state index is 0.721. The van der Waals surface area contributed by atoms with Crippen molar-refractivity contribution in [2.75, 3.05) is 13.1 Å². The number of nitrogens with one attached hydrogen (secondary N) is 1. The molecular formula is C11H18ClN3. The first kappa shape index (κ1) is 11.0. The lowest BCUT2D eigenvalue weighted by Gasteiger charge is -2.22. The highest BCUT2D eigenvalue weighted by molar-refractivity contribution is 6.30. The molecule has 3 nitrogen and oxygen atoms in total. The van der Waals surface area contributed by atoms with Gasteiger partial charge in [0.05, 0.1) is 5.69 Å². The fraction of sp³-hybridized carbons (Fsp3) is 0.727. The smallest absolute Gasteiger partial charge is 0.130 e. The zero-order valence-electron chi connectivity index (χ0n) is 9.39. The van der Waals surface area contributed by atoms with Crippen LogP contribution in [0.5, 0.6) is 0 Å². The van der Waals surface area contributed by atoms with Crippen molar-refractivity contribution in [1.29, 1.82) is 0 Å². The first-order chi connectivity index (χ1) is 7.18. The second-order valence-electron chi connectivity index (χ2n) is 4.39. The second kappa shape index (κ2) is 4.54. The fourth-order valence-corrected chi connectivity index (χ4v) is 2.54. The summed E-state index contributed by atoms with van der Waals surface area (Å²) < 4.78 is 1.77. The van der Waals surface area contributed by atoms with Crippen LogP contribution in [0.4, 0.5) is 0 Å². The number of hydrogen-bond acceptors (Lipinski definition) is 2. The molecular weight excluding hydrogens is 210 g/mol. The molecule has 1 aromatic heterocycles. The van der Waals surface area contributed by atoms with E-state index in [0.29, 0.717) is 0 Å². The predicted molar refractivity (Wildman–Crippen MR) is 62.3 cm³/mol. The fourth-order valence-electron chi connectivity index (χ4n) is 2.29. The van der Waals surface area contributed by atoms with Crippen LogP contribution in [0.25, 0.3) is 0 Å². The molecule has 84 valence electrons. The van der Waals surface area contributed by atoms with Crippen molar-refractivity contribution < 1.29 is 0 Å². The van der Waals surface area contributed by atoms with E-state index in [1.165, 1.54) is 18.4 Å².